The fourth-order valence-corrected chi connectivity index (χ4v) is 3.85. The molecule has 0 aliphatic carbocycles. The molecule has 13 heteroatoms. The molecule has 1 aliphatic heterocycles. The Morgan fingerprint density at radius 2 is 1.58 bits per heavy atom. The lowest BCUT2D eigenvalue weighted by Gasteiger charge is -2.36. The summed E-state index contributed by atoms with van der Waals surface area (Å²) in [5.74, 6) is -1.82. The topological polar surface area (TPSA) is 217 Å². The van der Waals surface area contributed by atoms with Gasteiger partial charge in [-0.25, -0.2) is 4.79 Å². The molecule has 1 saturated heterocycles. The summed E-state index contributed by atoms with van der Waals surface area (Å²) < 4.78 is 21.1. The molecule has 0 saturated carbocycles. The van der Waals surface area contributed by atoms with Gasteiger partial charge in [0.05, 0.1) is 13.2 Å². The van der Waals surface area contributed by atoms with E-state index in [9.17, 15) is 45.3 Å². The predicted octanol–water partition coefficient (Wildman–Crippen LogP) is 0.0789. The lowest BCUT2D eigenvalue weighted by atomic mass is 9.99. The minimum Gasteiger partial charge on any atom is -0.507 e. The highest BCUT2D eigenvalue weighted by Gasteiger charge is 2.46. The number of hydrogen-bond acceptors (Lipinski definition) is 13. The molecule has 1 aliphatic rings. The van der Waals surface area contributed by atoms with Gasteiger partial charge in [0.2, 0.25) is 0 Å². The molecular formula is C25H26O13. The summed E-state index contributed by atoms with van der Waals surface area (Å²) in [5.41, 5.74) is -0.170. The average molecular weight is 534 g/mol. The van der Waals surface area contributed by atoms with Gasteiger partial charge < -0.3 is 54.4 Å². The molecule has 0 amide bonds. The van der Waals surface area contributed by atoms with Crippen LogP contribution in [0.3, 0.4) is 0 Å². The first-order valence-corrected chi connectivity index (χ1v) is 11.6. The second kappa shape index (κ2) is 11.2. The number of ether oxygens (including phenoxy) is 3. The second-order valence-corrected chi connectivity index (χ2v) is 8.64. The standard InChI is InChI=1S/C25H26O13/c26-13-4-3-11(7-14(13)27)17-10-16(29)19-15(28)8-12(9-18(19)37-17)35-5-1-2-6-36-25(34)23-21(31)20(30)22(32)24(33)38-23/h3-4,7-10,20-24,26-28,30-33H,1-2,5-6H2/t20-,21-,22+,23-,24+/m0/s1. The Balaban J connectivity index is 1.33. The number of phenols is 3. The van der Waals surface area contributed by atoms with Crippen LogP contribution >= 0.6 is 0 Å². The van der Waals surface area contributed by atoms with Gasteiger partial charge in [0.25, 0.3) is 0 Å². The van der Waals surface area contributed by atoms with E-state index in [1.807, 2.05) is 0 Å². The van der Waals surface area contributed by atoms with Gasteiger partial charge in [-0.1, -0.05) is 0 Å². The third-order valence-electron chi connectivity index (χ3n) is 5.92. The number of esters is 1. The molecule has 204 valence electrons. The molecule has 0 radical (unpaired) electrons. The minimum absolute atomic E-state index is 0.0320. The molecular weight excluding hydrogens is 508 g/mol. The van der Waals surface area contributed by atoms with E-state index >= 15 is 0 Å². The molecule has 2 aromatic carbocycles. The number of aliphatic hydroxyl groups excluding tert-OH is 4. The van der Waals surface area contributed by atoms with Gasteiger partial charge in [-0.15, -0.1) is 0 Å². The number of fused-ring (bicyclic) bond motifs is 1. The summed E-state index contributed by atoms with van der Waals surface area (Å²) in [6.45, 7) is 0.0363. The van der Waals surface area contributed by atoms with Gasteiger partial charge >= 0.3 is 5.97 Å². The number of rotatable bonds is 8. The molecule has 7 N–H and O–H groups in total. The lowest BCUT2D eigenvalue weighted by molar-refractivity contribution is -0.281. The van der Waals surface area contributed by atoms with Crippen LogP contribution in [0.4, 0.5) is 0 Å². The molecule has 1 fully saturated rings. The molecule has 2 heterocycles. The van der Waals surface area contributed by atoms with Crippen molar-refractivity contribution < 1.29 is 59.2 Å². The van der Waals surface area contributed by atoms with Crippen molar-refractivity contribution >= 4 is 16.9 Å². The number of benzene rings is 2. The monoisotopic (exact) mass is 534 g/mol. The van der Waals surface area contributed by atoms with Crippen LogP contribution in [-0.4, -0.2) is 85.6 Å². The first kappa shape index (κ1) is 27.2. The summed E-state index contributed by atoms with van der Waals surface area (Å²) in [6.07, 6.45) is -8.12. The number of aliphatic hydroxyl groups is 4. The molecule has 13 nitrogen and oxygen atoms in total. The Hall–Kier alpha value is -3.88. The number of hydrogen-bond donors (Lipinski definition) is 7. The molecule has 0 unspecified atom stereocenters. The Morgan fingerprint density at radius 3 is 2.32 bits per heavy atom. The van der Waals surface area contributed by atoms with Gasteiger partial charge in [0.15, 0.2) is 29.3 Å². The predicted molar refractivity (Wildman–Crippen MR) is 128 cm³/mol. The van der Waals surface area contributed by atoms with Gasteiger partial charge in [0.1, 0.15) is 46.5 Å². The van der Waals surface area contributed by atoms with E-state index < -0.39 is 47.9 Å². The highest BCUT2D eigenvalue weighted by Crippen LogP contribution is 2.34. The van der Waals surface area contributed by atoms with Crippen LogP contribution < -0.4 is 10.2 Å². The van der Waals surface area contributed by atoms with E-state index in [4.69, 9.17) is 18.6 Å². The number of unbranched alkanes of at least 4 members (excludes halogenated alkanes) is 1. The van der Waals surface area contributed by atoms with Gasteiger partial charge in [-0.2, -0.15) is 0 Å². The van der Waals surface area contributed by atoms with Crippen molar-refractivity contribution in [2.75, 3.05) is 13.2 Å². The summed E-state index contributed by atoms with van der Waals surface area (Å²) >= 11 is 0. The quantitative estimate of drug-likeness (QED) is 0.116. The highest BCUT2D eigenvalue weighted by atomic mass is 16.7. The number of carbonyl (C=O) groups excluding carboxylic acids is 1. The first-order valence-electron chi connectivity index (χ1n) is 11.6. The lowest BCUT2D eigenvalue weighted by Crippen LogP contribution is -2.59. The Kier molecular flexibility index (Phi) is 8.04. The number of carbonyl (C=O) groups is 1. The van der Waals surface area contributed by atoms with Gasteiger partial charge in [0, 0.05) is 23.8 Å². The van der Waals surface area contributed by atoms with Crippen molar-refractivity contribution in [3.05, 3.63) is 46.6 Å². The van der Waals surface area contributed by atoms with Crippen molar-refractivity contribution in [2.24, 2.45) is 0 Å². The van der Waals surface area contributed by atoms with Crippen LogP contribution in [0.25, 0.3) is 22.3 Å². The van der Waals surface area contributed by atoms with Crippen LogP contribution in [0.2, 0.25) is 0 Å². The van der Waals surface area contributed by atoms with E-state index in [1.165, 1.54) is 30.3 Å². The van der Waals surface area contributed by atoms with Crippen molar-refractivity contribution in [3.63, 3.8) is 0 Å². The fourth-order valence-electron chi connectivity index (χ4n) is 3.85. The van der Waals surface area contributed by atoms with Crippen molar-refractivity contribution in [3.8, 4) is 34.3 Å². The largest absolute Gasteiger partial charge is 0.507 e. The van der Waals surface area contributed by atoms with E-state index in [0.717, 1.165) is 6.07 Å². The summed E-state index contributed by atoms with van der Waals surface area (Å²) in [5, 5.41) is 67.9. The molecule has 5 atom stereocenters. The van der Waals surface area contributed by atoms with Crippen molar-refractivity contribution in [1.29, 1.82) is 0 Å². The normalized spacial score (nSPS) is 23.3. The Bertz CT molecular complexity index is 1370. The summed E-state index contributed by atoms with van der Waals surface area (Å²) in [6, 6.07) is 7.72. The van der Waals surface area contributed by atoms with E-state index in [0.29, 0.717) is 18.4 Å². The van der Waals surface area contributed by atoms with Gasteiger partial charge in [-0.05, 0) is 31.0 Å². The molecule has 4 rings (SSSR count). The third kappa shape index (κ3) is 5.66. The zero-order chi connectivity index (χ0) is 27.6. The van der Waals surface area contributed by atoms with Crippen molar-refractivity contribution in [2.45, 2.75) is 43.5 Å². The van der Waals surface area contributed by atoms with E-state index in [-0.39, 0.29) is 47.2 Å². The maximum absolute atomic E-state index is 12.6. The summed E-state index contributed by atoms with van der Waals surface area (Å²) in [7, 11) is 0. The van der Waals surface area contributed by atoms with Crippen LogP contribution in [0.15, 0.2) is 45.6 Å². The first-order chi connectivity index (χ1) is 18.1. The van der Waals surface area contributed by atoms with Crippen LogP contribution in [0.5, 0.6) is 23.0 Å². The smallest absolute Gasteiger partial charge is 0.338 e. The Labute approximate surface area is 214 Å². The third-order valence-corrected chi connectivity index (χ3v) is 5.92. The fraction of sp³-hybridized carbons (Fsp3) is 0.360. The number of phenolic OH excluding ortho intramolecular Hbond substituents is 3. The SMILES string of the molecule is O=C(OCCCCOc1cc(O)c2c(=O)cc(-c3ccc(O)c(O)c3)oc2c1)[C@H]1O[C@@H](O)[C@H](O)[C@@H](O)[C@@H]1O. The van der Waals surface area contributed by atoms with Crippen LogP contribution in [-0.2, 0) is 14.3 Å². The second-order valence-electron chi connectivity index (χ2n) is 8.64. The molecule has 0 bridgehead atoms. The Morgan fingerprint density at radius 1 is 0.842 bits per heavy atom. The molecule has 3 aromatic rings. The molecule has 1 aromatic heterocycles. The zero-order valence-electron chi connectivity index (χ0n) is 19.8. The highest BCUT2D eigenvalue weighted by molar-refractivity contribution is 5.86. The molecule has 38 heavy (non-hydrogen) atoms. The van der Waals surface area contributed by atoms with E-state index in [1.54, 1.807) is 0 Å². The van der Waals surface area contributed by atoms with Crippen LogP contribution in [0, 0.1) is 0 Å². The summed E-state index contributed by atoms with van der Waals surface area (Å²) in [4.78, 5) is 24.6. The van der Waals surface area contributed by atoms with Gasteiger partial charge in [-0.3, -0.25) is 4.79 Å². The maximum atomic E-state index is 12.6. The maximum Gasteiger partial charge on any atom is 0.338 e. The van der Waals surface area contributed by atoms with Crippen molar-refractivity contribution in [1.82, 2.24) is 0 Å². The van der Waals surface area contributed by atoms with E-state index in [2.05, 4.69) is 0 Å². The zero-order valence-corrected chi connectivity index (χ0v) is 19.8. The van der Waals surface area contributed by atoms with Crippen LogP contribution in [0.1, 0.15) is 12.8 Å². The average Bonchev–Trinajstić information content (AvgIpc) is 2.87. The number of aromatic hydroxyl groups is 3. The minimum atomic E-state index is -1.86. The molecule has 0 spiro atoms.